The molecule has 3 aromatic carbocycles. The molecule has 1 N–H and O–H groups in total. The van der Waals surface area contributed by atoms with E-state index in [1.165, 1.54) is 23.1 Å². The predicted octanol–water partition coefficient (Wildman–Crippen LogP) is 6.48. The molecule has 3 aromatic rings. The van der Waals surface area contributed by atoms with Crippen LogP contribution in [0.3, 0.4) is 0 Å². The third kappa shape index (κ3) is 9.00. The van der Waals surface area contributed by atoms with Gasteiger partial charge in [-0.3, -0.25) is 13.9 Å². The molecule has 3 rings (SSSR count). The molecule has 0 aliphatic rings. The van der Waals surface area contributed by atoms with Crippen molar-refractivity contribution in [2.75, 3.05) is 23.7 Å². The average molecular weight is 659 g/mol. The Morgan fingerprint density at radius 1 is 0.854 bits per heavy atom. The summed E-state index contributed by atoms with van der Waals surface area (Å²) in [5.41, 5.74) is 1.26. The number of carbonyl (C=O) groups is 2. The van der Waals surface area contributed by atoms with Gasteiger partial charge in [-0.1, -0.05) is 103 Å². The quantitative estimate of drug-likeness (QED) is 0.241. The first kappa shape index (κ1) is 33.0. The summed E-state index contributed by atoms with van der Waals surface area (Å²) >= 11 is 25.5. The molecule has 0 bridgehead atoms. The van der Waals surface area contributed by atoms with E-state index in [4.69, 9.17) is 46.4 Å². The van der Waals surface area contributed by atoms with Gasteiger partial charge in [-0.2, -0.15) is 0 Å². The number of carbonyl (C=O) groups excluding carboxylic acids is 2. The van der Waals surface area contributed by atoms with Crippen LogP contribution < -0.4 is 9.62 Å². The Morgan fingerprint density at radius 2 is 1.44 bits per heavy atom. The molecular formula is C29H31Cl4N3O4S. The fourth-order valence-corrected chi connectivity index (χ4v) is 5.93. The van der Waals surface area contributed by atoms with Crippen molar-refractivity contribution in [2.45, 2.75) is 32.9 Å². The first-order valence-electron chi connectivity index (χ1n) is 12.7. The highest BCUT2D eigenvalue weighted by atomic mass is 35.5. The van der Waals surface area contributed by atoms with Gasteiger partial charge in [0, 0.05) is 35.1 Å². The van der Waals surface area contributed by atoms with Gasteiger partial charge in [0.15, 0.2) is 0 Å². The number of nitrogens with one attached hydrogen (secondary N) is 1. The van der Waals surface area contributed by atoms with Crippen molar-refractivity contribution in [3.05, 3.63) is 97.9 Å². The Balaban J connectivity index is 2.12. The van der Waals surface area contributed by atoms with Crippen LogP contribution in [0.2, 0.25) is 20.1 Å². The van der Waals surface area contributed by atoms with Crippen molar-refractivity contribution in [3.8, 4) is 0 Å². The van der Waals surface area contributed by atoms with Crippen LogP contribution in [0.25, 0.3) is 0 Å². The molecule has 0 fully saturated rings. The molecule has 41 heavy (non-hydrogen) atoms. The van der Waals surface area contributed by atoms with E-state index in [1.807, 2.05) is 44.2 Å². The minimum atomic E-state index is -4.01. The Labute approximate surface area is 261 Å². The molecule has 0 heterocycles. The lowest BCUT2D eigenvalue weighted by molar-refractivity contribution is -0.140. The molecule has 0 spiro atoms. The van der Waals surface area contributed by atoms with Gasteiger partial charge in [0.05, 0.1) is 22.0 Å². The highest BCUT2D eigenvalue weighted by Crippen LogP contribution is 2.34. The largest absolute Gasteiger partial charge is 0.354 e. The molecule has 220 valence electrons. The van der Waals surface area contributed by atoms with Gasteiger partial charge in [0.25, 0.3) is 0 Å². The number of benzene rings is 3. The normalized spacial score (nSPS) is 12.2. The fraction of sp³-hybridized carbons (Fsp3) is 0.310. The van der Waals surface area contributed by atoms with Crippen LogP contribution in [0, 0.1) is 5.92 Å². The number of amides is 2. The Bertz CT molecular complexity index is 1470. The van der Waals surface area contributed by atoms with Crippen LogP contribution in [-0.4, -0.2) is 50.5 Å². The Hall–Kier alpha value is -2.49. The van der Waals surface area contributed by atoms with E-state index in [0.717, 1.165) is 16.1 Å². The highest BCUT2D eigenvalue weighted by molar-refractivity contribution is 7.92. The van der Waals surface area contributed by atoms with Gasteiger partial charge >= 0.3 is 0 Å². The maximum absolute atomic E-state index is 14.1. The van der Waals surface area contributed by atoms with Crippen molar-refractivity contribution >= 4 is 73.9 Å². The monoisotopic (exact) mass is 657 g/mol. The van der Waals surface area contributed by atoms with E-state index >= 15 is 0 Å². The molecule has 0 unspecified atom stereocenters. The van der Waals surface area contributed by atoms with Crippen molar-refractivity contribution < 1.29 is 18.0 Å². The second-order valence-electron chi connectivity index (χ2n) is 9.91. The fourth-order valence-electron chi connectivity index (χ4n) is 4.11. The van der Waals surface area contributed by atoms with Gasteiger partial charge < -0.3 is 10.2 Å². The first-order chi connectivity index (χ1) is 19.3. The van der Waals surface area contributed by atoms with E-state index in [1.54, 1.807) is 18.2 Å². The maximum atomic E-state index is 14.1. The number of halogens is 4. The second kappa shape index (κ2) is 14.6. The highest BCUT2D eigenvalue weighted by Gasteiger charge is 2.34. The van der Waals surface area contributed by atoms with Crippen LogP contribution >= 0.6 is 46.4 Å². The number of hydrogen-bond acceptors (Lipinski definition) is 4. The zero-order valence-electron chi connectivity index (χ0n) is 22.8. The summed E-state index contributed by atoms with van der Waals surface area (Å²) in [7, 11) is -4.01. The van der Waals surface area contributed by atoms with Crippen LogP contribution in [0.15, 0.2) is 66.7 Å². The molecule has 0 aliphatic heterocycles. The van der Waals surface area contributed by atoms with Crippen LogP contribution in [0.4, 0.5) is 5.69 Å². The third-order valence-electron chi connectivity index (χ3n) is 6.22. The van der Waals surface area contributed by atoms with Gasteiger partial charge in [0.1, 0.15) is 12.6 Å². The van der Waals surface area contributed by atoms with Gasteiger partial charge in [0.2, 0.25) is 21.8 Å². The van der Waals surface area contributed by atoms with Crippen molar-refractivity contribution in [3.63, 3.8) is 0 Å². The third-order valence-corrected chi connectivity index (χ3v) is 8.87. The van der Waals surface area contributed by atoms with Crippen LogP contribution in [0.1, 0.15) is 25.0 Å². The lowest BCUT2D eigenvalue weighted by Gasteiger charge is -2.34. The number of anilines is 1. The van der Waals surface area contributed by atoms with E-state index in [2.05, 4.69) is 5.32 Å². The standard InChI is InChI=1S/C29H31Cl4N3O4S/c1-19(2)16-34-29(38)26(15-20-9-5-4-6-10-20)35(17-21-22(30)11-7-12-23(21)31)27(37)18-36(41(3,39)40)25-14-8-13-24(32)28(25)33/h4-14,19,26H,15-18H2,1-3H3,(H,34,38)/t26-/m1/s1. The predicted molar refractivity (Wildman–Crippen MR) is 167 cm³/mol. The lowest BCUT2D eigenvalue weighted by atomic mass is 10.0. The molecule has 7 nitrogen and oxygen atoms in total. The summed E-state index contributed by atoms with van der Waals surface area (Å²) in [5.74, 6) is -0.905. The van der Waals surface area contributed by atoms with E-state index in [9.17, 15) is 18.0 Å². The van der Waals surface area contributed by atoms with Gasteiger partial charge in [-0.25, -0.2) is 8.42 Å². The minimum Gasteiger partial charge on any atom is -0.354 e. The van der Waals surface area contributed by atoms with E-state index in [-0.39, 0.29) is 34.6 Å². The summed E-state index contributed by atoms with van der Waals surface area (Å²) < 4.78 is 26.7. The second-order valence-corrected chi connectivity index (χ2v) is 13.4. The number of rotatable bonds is 12. The molecule has 12 heteroatoms. The van der Waals surface area contributed by atoms with Crippen molar-refractivity contribution in [1.82, 2.24) is 10.2 Å². The summed E-state index contributed by atoms with van der Waals surface area (Å²) in [6.45, 7) is 3.50. The Morgan fingerprint density at radius 3 is 2.02 bits per heavy atom. The summed E-state index contributed by atoms with van der Waals surface area (Å²) in [5, 5.41) is 3.62. The molecule has 1 atom stereocenters. The average Bonchev–Trinajstić information content (AvgIpc) is 2.91. The molecule has 0 saturated heterocycles. The summed E-state index contributed by atoms with van der Waals surface area (Å²) in [6, 6.07) is 17.6. The smallest absolute Gasteiger partial charge is 0.244 e. The van der Waals surface area contributed by atoms with Gasteiger partial charge in [-0.15, -0.1) is 0 Å². The van der Waals surface area contributed by atoms with E-state index in [0.29, 0.717) is 22.2 Å². The summed E-state index contributed by atoms with van der Waals surface area (Å²) in [4.78, 5) is 29.1. The topological polar surface area (TPSA) is 86.8 Å². The molecular weight excluding hydrogens is 628 g/mol. The summed E-state index contributed by atoms with van der Waals surface area (Å²) in [6.07, 6.45) is 1.12. The molecule has 0 radical (unpaired) electrons. The molecule has 0 aliphatic carbocycles. The van der Waals surface area contributed by atoms with Crippen LogP contribution in [0.5, 0.6) is 0 Å². The molecule has 0 aromatic heterocycles. The zero-order valence-corrected chi connectivity index (χ0v) is 26.6. The molecule has 2 amide bonds. The number of sulfonamides is 1. The minimum absolute atomic E-state index is 0.0244. The van der Waals surface area contributed by atoms with Crippen LogP contribution in [-0.2, 0) is 32.6 Å². The Kier molecular flexibility index (Phi) is 11.8. The van der Waals surface area contributed by atoms with E-state index < -0.39 is 34.4 Å². The van der Waals surface area contributed by atoms with Crippen molar-refractivity contribution in [2.24, 2.45) is 5.92 Å². The lowest BCUT2D eigenvalue weighted by Crippen LogP contribution is -2.53. The molecule has 0 saturated carbocycles. The maximum Gasteiger partial charge on any atom is 0.244 e. The number of nitrogens with zero attached hydrogens (tertiary/aromatic N) is 2. The zero-order chi connectivity index (χ0) is 30.3. The SMILES string of the molecule is CC(C)CNC(=O)[C@@H](Cc1ccccc1)N(Cc1c(Cl)cccc1Cl)C(=O)CN(c1cccc(Cl)c1Cl)S(C)(=O)=O. The van der Waals surface area contributed by atoms with Crippen molar-refractivity contribution in [1.29, 1.82) is 0 Å². The first-order valence-corrected chi connectivity index (χ1v) is 16.1. The number of hydrogen-bond donors (Lipinski definition) is 1. The van der Waals surface area contributed by atoms with Gasteiger partial charge in [-0.05, 0) is 35.7 Å².